The molecule has 1 spiro atoms. The summed E-state index contributed by atoms with van der Waals surface area (Å²) in [6, 6.07) is 13.5. The van der Waals surface area contributed by atoms with E-state index in [-0.39, 0.29) is 36.0 Å². The van der Waals surface area contributed by atoms with Crippen LogP contribution in [0.15, 0.2) is 48.5 Å². The molecule has 0 radical (unpaired) electrons. The van der Waals surface area contributed by atoms with Gasteiger partial charge in [-0.25, -0.2) is 4.39 Å². The van der Waals surface area contributed by atoms with Crippen molar-refractivity contribution in [1.29, 1.82) is 0 Å². The van der Waals surface area contributed by atoms with Crippen LogP contribution in [0.3, 0.4) is 0 Å². The number of hydrogen-bond acceptors (Lipinski definition) is 4. The second kappa shape index (κ2) is 10.2. The standard InChI is InChI=1S/C26H31FN2O4/c1-2-32-21-9-7-20(8-10-21)25(31)28-15-12-26(13-16-28)14-17-29(19-26)24(30)11-18-33-23-6-4-3-5-22(23)27/h3-10H,2,11-19H2,1H3. The highest BCUT2D eigenvalue weighted by atomic mass is 19.1. The zero-order valence-electron chi connectivity index (χ0n) is 19.1. The third-order valence-corrected chi connectivity index (χ3v) is 6.72. The Morgan fingerprint density at radius 2 is 1.61 bits per heavy atom. The van der Waals surface area contributed by atoms with Crippen LogP contribution in [0.4, 0.5) is 4.39 Å². The molecule has 0 atom stereocenters. The highest BCUT2D eigenvalue weighted by Gasteiger charge is 2.42. The number of ether oxygens (including phenoxy) is 2. The second-order valence-corrected chi connectivity index (χ2v) is 8.84. The molecule has 2 aromatic rings. The predicted molar refractivity (Wildman–Crippen MR) is 123 cm³/mol. The van der Waals surface area contributed by atoms with Crippen molar-refractivity contribution in [3.05, 3.63) is 59.9 Å². The lowest BCUT2D eigenvalue weighted by atomic mass is 9.77. The van der Waals surface area contributed by atoms with E-state index in [0.29, 0.717) is 25.3 Å². The Hall–Kier alpha value is -3.09. The highest BCUT2D eigenvalue weighted by Crippen LogP contribution is 2.40. The van der Waals surface area contributed by atoms with Gasteiger partial charge in [0, 0.05) is 31.7 Å². The third-order valence-electron chi connectivity index (χ3n) is 6.72. The molecule has 6 nitrogen and oxygen atoms in total. The van der Waals surface area contributed by atoms with E-state index < -0.39 is 5.82 Å². The molecular formula is C26H31FN2O4. The minimum absolute atomic E-state index is 0.0381. The summed E-state index contributed by atoms with van der Waals surface area (Å²) in [5.41, 5.74) is 0.755. The first kappa shape index (κ1) is 23.1. The summed E-state index contributed by atoms with van der Waals surface area (Å²) in [5, 5.41) is 0. The lowest BCUT2D eigenvalue weighted by molar-refractivity contribution is -0.131. The van der Waals surface area contributed by atoms with Crippen LogP contribution >= 0.6 is 0 Å². The number of piperidine rings is 1. The highest BCUT2D eigenvalue weighted by molar-refractivity contribution is 5.94. The number of benzene rings is 2. The normalized spacial score (nSPS) is 17.3. The second-order valence-electron chi connectivity index (χ2n) is 8.84. The van der Waals surface area contributed by atoms with Crippen LogP contribution in [0.1, 0.15) is 43.0 Å². The van der Waals surface area contributed by atoms with Crippen molar-refractivity contribution in [2.24, 2.45) is 5.41 Å². The van der Waals surface area contributed by atoms with E-state index in [0.717, 1.165) is 38.1 Å². The summed E-state index contributed by atoms with van der Waals surface area (Å²) in [6.07, 6.45) is 2.97. The lowest BCUT2D eigenvalue weighted by Gasteiger charge is -2.39. The Balaban J connectivity index is 1.24. The number of amides is 2. The Labute approximate surface area is 194 Å². The van der Waals surface area contributed by atoms with Gasteiger partial charge in [-0.3, -0.25) is 9.59 Å². The maximum absolute atomic E-state index is 13.6. The monoisotopic (exact) mass is 454 g/mol. The van der Waals surface area contributed by atoms with Crippen LogP contribution in [-0.2, 0) is 4.79 Å². The minimum Gasteiger partial charge on any atom is -0.494 e. The molecule has 2 fully saturated rings. The smallest absolute Gasteiger partial charge is 0.253 e. The van der Waals surface area contributed by atoms with Crippen molar-refractivity contribution in [2.75, 3.05) is 39.4 Å². The quantitative estimate of drug-likeness (QED) is 0.631. The first-order chi connectivity index (χ1) is 16.0. The van der Waals surface area contributed by atoms with Gasteiger partial charge in [-0.2, -0.15) is 0 Å². The van der Waals surface area contributed by atoms with E-state index in [9.17, 15) is 14.0 Å². The van der Waals surface area contributed by atoms with Gasteiger partial charge in [0.2, 0.25) is 5.91 Å². The zero-order chi connectivity index (χ0) is 23.3. The third kappa shape index (κ3) is 5.46. The van der Waals surface area contributed by atoms with Gasteiger partial charge >= 0.3 is 0 Å². The summed E-state index contributed by atoms with van der Waals surface area (Å²) >= 11 is 0. The largest absolute Gasteiger partial charge is 0.494 e. The van der Waals surface area contributed by atoms with E-state index in [2.05, 4.69) is 0 Å². The van der Waals surface area contributed by atoms with E-state index in [1.807, 2.05) is 41.0 Å². The molecular weight excluding hydrogens is 423 g/mol. The number of para-hydroxylation sites is 1. The Kier molecular flexibility index (Phi) is 7.16. The summed E-state index contributed by atoms with van der Waals surface area (Å²) < 4.78 is 24.5. The van der Waals surface area contributed by atoms with Crippen LogP contribution in [0.2, 0.25) is 0 Å². The molecule has 33 heavy (non-hydrogen) atoms. The van der Waals surface area contributed by atoms with Crippen LogP contribution in [0.5, 0.6) is 11.5 Å². The number of nitrogens with zero attached hydrogens (tertiary/aromatic N) is 2. The Morgan fingerprint density at radius 1 is 0.939 bits per heavy atom. The fourth-order valence-electron chi connectivity index (χ4n) is 4.75. The summed E-state index contributed by atoms with van der Waals surface area (Å²) in [7, 11) is 0. The lowest BCUT2D eigenvalue weighted by Crippen LogP contribution is -2.44. The van der Waals surface area contributed by atoms with Crippen LogP contribution in [0.25, 0.3) is 0 Å². The van der Waals surface area contributed by atoms with Gasteiger partial charge in [0.05, 0.1) is 19.6 Å². The van der Waals surface area contributed by atoms with Gasteiger partial charge in [0.25, 0.3) is 5.91 Å². The predicted octanol–water partition coefficient (Wildman–Crippen LogP) is 4.15. The molecule has 2 heterocycles. The van der Waals surface area contributed by atoms with Crippen molar-refractivity contribution in [3.63, 3.8) is 0 Å². The molecule has 2 amide bonds. The molecule has 2 aliphatic heterocycles. The SMILES string of the molecule is CCOc1ccc(C(=O)N2CCC3(CCN(C(=O)CCOc4ccccc4F)C3)CC2)cc1. The number of likely N-dealkylation sites (tertiary alicyclic amines) is 2. The van der Waals surface area contributed by atoms with Crippen molar-refractivity contribution in [3.8, 4) is 11.5 Å². The number of carbonyl (C=O) groups is 2. The molecule has 4 rings (SSSR count). The van der Waals surface area contributed by atoms with E-state index in [4.69, 9.17) is 9.47 Å². The summed E-state index contributed by atoms with van der Waals surface area (Å²) in [5.74, 6) is 0.603. The first-order valence-corrected chi connectivity index (χ1v) is 11.7. The van der Waals surface area contributed by atoms with Gasteiger partial charge in [-0.15, -0.1) is 0 Å². The average molecular weight is 455 g/mol. The molecule has 0 bridgehead atoms. The van der Waals surface area contributed by atoms with Crippen molar-refractivity contribution >= 4 is 11.8 Å². The van der Waals surface area contributed by atoms with E-state index >= 15 is 0 Å². The Bertz CT molecular complexity index is 971. The molecule has 2 aliphatic rings. The first-order valence-electron chi connectivity index (χ1n) is 11.7. The van der Waals surface area contributed by atoms with Crippen molar-refractivity contribution in [1.82, 2.24) is 9.80 Å². The fraction of sp³-hybridized carbons (Fsp3) is 0.462. The number of carbonyl (C=O) groups excluding carboxylic acids is 2. The number of rotatable bonds is 7. The summed E-state index contributed by atoms with van der Waals surface area (Å²) in [4.78, 5) is 29.3. The molecule has 176 valence electrons. The maximum Gasteiger partial charge on any atom is 0.253 e. The molecule has 2 aromatic carbocycles. The molecule has 0 N–H and O–H groups in total. The average Bonchev–Trinajstić information content (AvgIpc) is 3.24. The molecule has 2 saturated heterocycles. The molecule has 0 unspecified atom stereocenters. The van der Waals surface area contributed by atoms with E-state index in [1.54, 1.807) is 18.2 Å². The maximum atomic E-state index is 13.6. The molecule has 7 heteroatoms. The van der Waals surface area contributed by atoms with E-state index in [1.165, 1.54) is 6.07 Å². The number of hydrogen-bond donors (Lipinski definition) is 0. The van der Waals surface area contributed by atoms with Gasteiger partial charge in [0.15, 0.2) is 11.6 Å². The number of halogens is 1. The van der Waals surface area contributed by atoms with Crippen LogP contribution in [-0.4, -0.2) is 61.0 Å². The van der Waals surface area contributed by atoms with Gasteiger partial charge in [-0.05, 0) is 68.0 Å². The minimum atomic E-state index is -0.420. The van der Waals surface area contributed by atoms with Gasteiger partial charge in [-0.1, -0.05) is 12.1 Å². The van der Waals surface area contributed by atoms with Crippen LogP contribution in [0, 0.1) is 11.2 Å². The summed E-state index contributed by atoms with van der Waals surface area (Å²) in [6.45, 7) is 5.53. The van der Waals surface area contributed by atoms with Gasteiger partial charge < -0.3 is 19.3 Å². The topological polar surface area (TPSA) is 59.1 Å². The fourth-order valence-corrected chi connectivity index (χ4v) is 4.75. The molecule has 0 aromatic heterocycles. The van der Waals surface area contributed by atoms with Crippen LogP contribution < -0.4 is 9.47 Å². The zero-order valence-corrected chi connectivity index (χ0v) is 19.1. The van der Waals surface area contributed by atoms with Gasteiger partial charge in [0.1, 0.15) is 5.75 Å². The molecule has 0 saturated carbocycles. The molecule has 0 aliphatic carbocycles. The van der Waals surface area contributed by atoms with Crippen molar-refractivity contribution < 1.29 is 23.5 Å². The Morgan fingerprint density at radius 3 is 2.27 bits per heavy atom. The van der Waals surface area contributed by atoms with Crippen molar-refractivity contribution in [2.45, 2.75) is 32.6 Å².